The molecule has 5 heteroatoms. The van der Waals surface area contributed by atoms with Crippen LogP contribution in [-0.2, 0) is 6.42 Å². The number of hydrogen-bond acceptors (Lipinski definition) is 2. The molecular weight excluding hydrogens is 288 g/mol. The number of fused-ring (bicyclic) bond motifs is 1. The molecule has 1 aromatic heterocycles. The van der Waals surface area contributed by atoms with Crippen molar-refractivity contribution in [1.29, 1.82) is 0 Å². The number of aromatic nitrogens is 1. The van der Waals surface area contributed by atoms with Crippen molar-refractivity contribution in [2.24, 2.45) is 0 Å². The molecule has 0 saturated heterocycles. The van der Waals surface area contributed by atoms with E-state index in [1.807, 2.05) is 31.2 Å². The number of nitrogens with one attached hydrogen (secondary N) is 1. The van der Waals surface area contributed by atoms with Gasteiger partial charge >= 0.3 is 0 Å². The van der Waals surface area contributed by atoms with Crippen LogP contribution in [0.4, 0.5) is 5.69 Å². The van der Waals surface area contributed by atoms with Crippen molar-refractivity contribution in [3.05, 3.63) is 74.4 Å². The van der Waals surface area contributed by atoms with Gasteiger partial charge in [-0.15, -0.1) is 0 Å². The number of nitrogens with zero attached hydrogens (tertiary/aromatic N) is 1. The van der Waals surface area contributed by atoms with Gasteiger partial charge in [-0.1, -0.05) is 23.7 Å². The SMILES string of the molecule is Cc1[nH]c2ccc([N+](=O)[O-])cc2c1Cc1ccc(Cl)cc1. The van der Waals surface area contributed by atoms with Crippen molar-refractivity contribution >= 4 is 28.2 Å². The highest BCUT2D eigenvalue weighted by molar-refractivity contribution is 6.30. The zero-order chi connectivity index (χ0) is 15.0. The molecular formula is C16H13ClN2O2. The summed E-state index contributed by atoms with van der Waals surface area (Å²) in [4.78, 5) is 13.8. The lowest BCUT2D eigenvalue weighted by Crippen LogP contribution is -1.90. The normalized spacial score (nSPS) is 11.0. The number of aromatic amines is 1. The number of rotatable bonds is 3. The Morgan fingerprint density at radius 3 is 2.57 bits per heavy atom. The van der Waals surface area contributed by atoms with E-state index in [2.05, 4.69) is 4.98 Å². The van der Waals surface area contributed by atoms with Gasteiger partial charge in [-0.3, -0.25) is 10.1 Å². The number of nitro groups is 1. The Kier molecular flexibility index (Phi) is 3.39. The molecule has 0 unspecified atom stereocenters. The maximum Gasteiger partial charge on any atom is 0.270 e. The van der Waals surface area contributed by atoms with Crippen molar-refractivity contribution in [3.8, 4) is 0 Å². The second kappa shape index (κ2) is 5.22. The summed E-state index contributed by atoms with van der Waals surface area (Å²) in [5.41, 5.74) is 4.26. The summed E-state index contributed by atoms with van der Waals surface area (Å²) >= 11 is 5.89. The lowest BCUT2D eigenvalue weighted by atomic mass is 10.0. The maximum absolute atomic E-state index is 10.9. The summed E-state index contributed by atoms with van der Waals surface area (Å²) in [5.74, 6) is 0. The second-order valence-corrected chi connectivity index (χ2v) is 5.46. The molecule has 0 aliphatic rings. The Morgan fingerprint density at radius 1 is 1.19 bits per heavy atom. The van der Waals surface area contributed by atoms with Gasteiger partial charge in [-0.25, -0.2) is 0 Å². The van der Waals surface area contributed by atoms with Gasteiger partial charge in [0.1, 0.15) is 0 Å². The maximum atomic E-state index is 10.9. The molecule has 1 N–H and O–H groups in total. The Bertz CT molecular complexity index is 822. The third kappa shape index (κ3) is 2.62. The Morgan fingerprint density at radius 2 is 1.90 bits per heavy atom. The van der Waals surface area contributed by atoms with Crippen LogP contribution in [0.15, 0.2) is 42.5 Å². The lowest BCUT2D eigenvalue weighted by Gasteiger charge is -2.03. The quantitative estimate of drug-likeness (QED) is 0.566. The molecule has 0 fully saturated rings. The van der Waals surface area contributed by atoms with E-state index >= 15 is 0 Å². The zero-order valence-electron chi connectivity index (χ0n) is 11.4. The first-order valence-corrected chi connectivity index (χ1v) is 6.92. The van der Waals surface area contributed by atoms with Crippen LogP contribution in [0, 0.1) is 17.0 Å². The van der Waals surface area contributed by atoms with E-state index in [0.29, 0.717) is 11.4 Å². The molecule has 2 aromatic carbocycles. The van der Waals surface area contributed by atoms with Crippen LogP contribution < -0.4 is 0 Å². The number of benzene rings is 2. The first-order chi connectivity index (χ1) is 10.0. The number of halogens is 1. The topological polar surface area (TPSA) is 58.9 Å². The van der Waals surface area contributed by atoms with Crippen LogP contribution in [-0.4, -0.2) is 9.91 Å². The van der Waals surface area contributed by atoms with E-state index in [-0.39, 0.29) is 10.6 Å². The van der Waals surface area contributed by atoms with E-state index < -0.39 is 0 Å². The summed E-state index contributed by atoms with van der Waals surface area (Å²) in [6.45, 7) is 1.98. The van der Waals surface area contributed by atoms with Gasteiger partial charge in [-0.2, -0.15) is 0 Å². The minimum atomic E-state index is -0.367. The van der Waals surface area contributed by atoms with Gasteiger partial charge in [0.15, 0.2) is 0 Å². The number of hydrogen-bond donors (Lipinski definition) is 1. The fourth-order valence-corrected chi connectivity index (χ4v) is 2.64. The summed E-state index contributed by atoms with van der Waals surface area (Å²) in [7, 11) is 0. The smallest absolute Gasteiger partial charge is 0.270 e. The molecule has 106 valence electrons. The molecule has 1 heterocycles. The third-order valence-electron chi connectivity index (χ3n) is 3.61. The van der Waals surface area contributed by atoms with Gasteiger partial charge in [0.25, 0.3) is 5.69 Å². The van der Waals surface area contributed by atoms with Crippen molar-refractivity contribution in [1.82, 2.24) is 4.98 Å². The standard InChI is InChI=1S/C16H13ClN2O2/c1-10-14(8-11-2-4-12(17)5-3-11)15-9-13(19(20)21)6-7-16(15)18-10/h2-7,9,18H,8H2,1H3. The number of non-ortho nitro benzene ring substituents is 1. The molecule has 0 spiro atoms. The Balaban J connectivity index is 2.08. The molecule has 0 radical (unpaired) electrons. The molecule has 0 aliphatic carbocycles. The fourth-order valence-electron chi connectivity index (χ4n) is 2.52. The summed E-state index contributed by atoms with van der Waals surface area (Å²) in [6, 6.07) is 12.5. The van der Waals surface area contributed by atoms with Gasteiger partial charge in [0, 0.05) is 33.8 Å². The number of nitro benzene ring substituents is 1. The predicted molar refractivity (Wildman–Crippen MR) is 83.9 cm³/mol. The Labute approximate surface area is 126 Å². The molecule has 3 rings (SSSR count). The summed E-state index contributed by atoms with van der Waals surface area (Å²) in [6.07, 6.45) is 0.712. The van der Waals surface area contributed by atoms with Crippen molar-refractivity contribution in [2.45, 2.75) is 13.3 Å². The van der Waals surface area contributed by atoms with Gasteiger partial charge in [-0.05, 0) is 42.7 Å². The minimum absolute atomic E-state index is 0.110. The van der Waals surface area contributed by atoms with Crippen LogP contribution >= 0.6 is 11.6 Å². The van der Waals surface area contributed by atoms with Crippen LogP contribution in [0.3, 0.4) is 0 Å². The van der Waals surface area contributed by atoms with Gasteiger partial charge < -0.3 is 4.98 Å². The van der Waals surface area contributed by atoms with E-state index in [1.165, 1.54) is 6.07 Å². The van der Waals surface area contributed by atoms with Crippen LogP contribution in [0.2, 0.25) is 5.02 Å². The van der Waals surface area contributed by atoms with Gasteiger partial charge in [0.2, 0.25) is 0 Å². The van der Waals surface area contributed by atoms with Crippen molar-refractivity contribution < 1.29 is 4.92 Å². The predicted octanol–water partition coefficient (Wildman–Crippen LogP) is 4.63. The van der Waals surface area contributed by atoms with Crippen LogP contribution in [0.1, 0.15) is 16.8 Å². The van der Waals surface area contributed by atoms with E-state index in [0.717, 1.165) is 27.7 Å². The molecule has 0 amide bonds. The molecule has 0 aliphatic heterocycles. The van der Waals surface area contributed by atoms with E-state index in [9.17, 15) is 10.1 Å². The largest absolute Gasteiger partial charge is 0.358 e. The van der Waals surface area contributed by atoms with Crippen molar-refractivity contribution in [2.75, 3.05) is 0 Å². The van der Waals surface area contributed by atoms with E-state index in [4.69, 9.17) is 11.6 Å². The second-order valence-electron chi connectivity index (χ2n) is 5.02. The first kappa shape index (κ1) is 13.6. The van der Waals surface area contributed by atoms with Gasteiger partial charge in [0.05, 0.1) is 4.92 Å². The molecule has 0 atom stereocenters. The minimum Gasteiger partial charge on any atom is -0.358 e. The summed E-state index contributed by atoms with van der Waals surface area (Å²) in [5, 5.41) is 12.5. The number of aryl methyl sites for hydroxylation is 1. The summed E-state index contributed by atoms with van der Waals surface area (Å²) < 4.78 is 0. The fraction of sp³-hybridized carbons (Fsp3) is 0.125. The molecule has 3 aromatic rings. The Hall–Kier alpha value is -2.33. The highest BCUT2D eigenvalue weighted by Crippen LogP contribution is 2.28. The highest BCUT2D eigenvalue weighted by Gasteiger charge is 2.13. The van der Waals surface area contributed by atoms with Crippen LogP contribution in [0.5, 0.6) is 0 Å². The zero-order valence-corrected chi connectivity index (χ0v) is 12.1. The highest BCUT2D eigenvalue weighted by atomic mass is 35.5. The molecule has 0 saturated carbocycles. The monoisotopic (exact) mass is 300 g/mol. The third-order valence-corrected chi connectivity index (χ3v) is 3.86. The molecule has 4 nitrogen and oxygen atoms in total. The molecule has 21 heavy (non-hydrogen) atoms. The van der Waals surface area contributed by atoms with Crippen LogP contribution in [0.25, 0.3) is 10.9 Å². The first-order valence-electron chi connectivity index (χ1n) is 6.54. The average Bonchev–Trinajstić information content (AvgIpc) is 2.77. The van der Waals surface area contributed by atoms with Crippen molar-refractivity contribution in [3.63, 3.8) is 0 Å². The van der Waals surface area contributed by atoms with E-state index in [1.54, 1.807) is 12.1 Å². The number of H-pyrrole nitrogens is 1. The lowest BCUT2D eigenvalue weighted by molar-refractivity contribution is -0.384. The molecule has 0 bridgehead atoms. The average molecular weight is 301 g/mol.